The Balaban J connectivity index is 1.67. The van der Waals surface area contributed by atoms with E-state index in [1.54, 1.807) is 0 Å². The topological polar surface area (TPSA) is 9.23 Å². The monoisotopic (exact) mass is 232 g/mol. The van der Waals surface area contributed by atoms with Gasteiger partial charge >= 0.3 is 0 Å². The third-order valence-electron chi connectivity index (χ3n) is 3.17. The average Bonchev–Trinajstić information content (AvgIpc) is 2.70. The summed E-state index contributed by atoms with van der Waals surface area (Å²) in [7, 11) is 0. The molecule has 1 nitrogen and oxygen atoms in total. The summed E-state index contributed by atoms with van der Waals surface area (Å²) >= 11 is 3.56. The largest absolute Gasteiger partial charge is 0.378 e. The number of rotatable bonds is 4. The molecule has 0 aromatic rings. The van der Waals surface area contributed by atoms with E-state index in [0.717, 1.165) is 11.9 Å². The van der Waals surface area contributed by atoms with Crippen LogP contribution >= 0.6 is 15.9 Å². The normalized spacial score (nSPS) is 27.8. The van der Waals surface area contributed by atoms with Gasteiger partial charge in [-0.1, -0.05) is 28.8 Å². The smallest absolute Gasteiger partial charge is 0.0575 e. The molecule has 0 N–H and O–H groups in total. The van der Waals surface area contributed by atoms with Gasteiger partial charge in [0.05, 0.1) is 12.7 Å². The third kappa shape index (κ3) is 2.02. The highest BCUT2D eigenvalue weighted by Gasteiger charge is 2.42. The summed E-state index contributed by atoms with van der Waals surface area (Å²) in [5.74, 6) is 0. The van der Waals surface area contributed by atoms with Gasteiger partial charge < -0.3 is 4.74 Å². The van der Waals surface area contributed by atoms with Crippen LogP contribution < -0.4 is 0 Å². The first kappa shape index (κ1) is 9.01. The molecule has 0 aromatic heterocycles. The van der Waals surface area contributed by atoms with Gasteiger partial charge in [-0.15, -0.1) is 0 Å². The SMILES string of the molecule is BrCC1(COC2CCCC2)CC1. The van der Waals surface area contributed by atoms with Crippen LogP contribution in [-0.4, -0.2) is 18.0 Å². The van der Waals surface area contributed by atoms with E-state index in [-0.39, 0.29) is 0 Å². The van der Waals surface area contributed by atoms with Crippen LogP contribution in [-0.2, 0) is 4.74 Å². The van der Waals surface area contributed by atoms with Crippen LogP contribution in [0.15, 0.2) is 0 Å². The van der Waals surface area contributed by atoms with Crippen molar-refractivity contribution in [3.05, 3.63) is 0 Å². The molecule has 12 heavy (non-hydrogen) atoms. The summed E-state index contributed by atoms with van der Waals surface area (Å²) in [6.07, 6.45) is 8.70. The van der Waals surface area contributed by atoms with E-state index in [1.165, 1.54) is 38.5 Å². The Hall–Kier alpha value is 0.440. The molecule has 2 rings (SSSR count). The van der Waals surface area contributed by atoms with Crippen molar-refractivity contribution in [3.63, 3.8) is 0 Å². The first-order chi connectivity index (χ1) is 5.85. The van der Waals surface area contributed by atoms with Crippen molar-refractivity contribution in [1.82, 2.24) is 0 Å². The molecule has 0 radical (unpaired) electrons. The van der Waals surface area contributed by atoms with E-state index >= 15 is 0 Å². The highest BCUT2D eigenvalue weighted by Crippen LogP contribution is 2.47. The third-order valence-corrected chi connectivity index (χ3v) is 4.36. The average molecular weight is 233 g/mol. The lowest BCUT2D eigenvalue weighted by molar-refractivity contribution is 0.0322. The molecule has 0 atom stereocenters. The Morgan fingerprint density at radius 2 is 1.92 bits per heavy atom. The molecule has 0 saturated heterocycles. The summed E-state index contributed by atoms with van der Waals surface area (Å²) < 4.78 is 5.89. The van der Waals surface area contributed by atoms with E-state index in [4.69, 9.17) is 4.74 Å². The lowest BCUT2D eigenvalue weighted by Gasteiger charge is -2.16. The predicted octanol–water partition coefficient (Wildman–Crippen LogP) is 3.12. The number of hydrogen-bond acceptors (Lipinski definition) is 1. The van der Waals surface area contributed by atoms with Crippen molar-refractivity contribution in [2.24, 2.45) is 5.41 Å². The van der Waals surface area contributed by atoms with Crippen molar-refractivity contribution in [2.45, 2.75) is 44.6 Å². The second-order valence-electron chi connectivity index (χ2n) is 4.35. The zero-order chi connectivity index (χ0) is 8.44. The molecular formula is C10H17BrO. The van der Waals surface area contributed by atoms with Gasteiger partial charge in [-0.3, -0.25) is 0 Å². The Morgan fingerprint density at radius 1 is 1.25 bits per heavy atom. The van der Waals surface area contributed by atoms with Crippen molar-refractivity contribution in [3.8, 4) is 0 Å². The first-order valence-electron chi connectivity index (χ1n) is 5.02. The van der Waals surface area contributed by atoms with E-state index in [9.17, 15) is 0 Å². The van der Waals surface area contributed by atoms with Gasteiger partial charge in [0.1, 0.15) is 0 Å². The van der Waals surface area contributed by atoms with Gasteiger partial charge in [0.15, 0.2) is 0 Å². The van der Waals surface area contributed by atoms with Crippen molar-refractivity contribution < 1.29 is 4.74 Å². The van der Waals surface area contributed by atoms with Gasteiger partial charge in [-0.05, 0) is 25.7 Å². The standard InChI is InChI=1S/C10H17BrO/c11-7-10(5-6-10)8-12-9-3-1-2-4-9/h9H,1-8H2. The fraction of sp³-hybridized carbons (Fsp3) is 1.00. The summed E-state index contributed by atoms with van der Waals surface area (Å²) in [4.78, 5) is 0. The van der Waals surface area contributed by atoms with E-state index in [0.29, 0.717) is 11.5 Å². The van der Waals surface area contributed by atoms with Gasteiger partial charge in [-0.2, -0.15) is 0 Å². The molecule has 0 unspecified atom stereocenters. The zero-order valence-corrected chi connectivity index (χ0v) is 9.11. The van der Waals surface area contributed by atoms with Crippen LogP contribution in [0.4, 0.5) is 0 Å². The fourth-order valence-corrected chi connectivity index (χ4v) is 2.57. The molecule has 0 spiro atoms. The molecule has 2 saturated carbocycles. The second-order valence-corrected chi connectivity index (χ2v) is 4.91. The Bertz CT molecular complexity index is 148. The maximum absolute atomic E-state index is 5.89. The Morgan fingerprint density at radius 3 is 2.42 bits per heavy atom. The second kappa shape index (κ2) is 3.67. The minimum Gasteiger partial charge on any atom is -0.378 e. The van der Waals surface area contributed by atoms with Gasteiger partial charge in [0, 0.05) is 10.7 Å². The molecule has 0 aliphatic heterocycles. The van der Waals surface area contributed by atoms with Crippen molar-refractivity contribution in [2.75, 3.05) is 11.9 Å². The van der Waals surface area contributed by atoms with Crippen molar-refractivity contribution >= 4 is 15.9 Å². The van der Waals surface area contributed by atoms with Crippen LogP contribution in [0.25, 0.3) is 0 Å². The van der Waals surface area contributed by atoms with Crippen LogP contribution in [0.5, 0.6) is 0 Å². The zero-order valence-electron chi connectivity index (χ0n) is 7.52. The number of hydrogen-bond donors (Lipinski definition) is 0. The number of alkyl halides is 1. The molecule has 0 bridgehead atoms. The lowest BCUT2D eigenvalue weighted by Crippen LogP contribution is -2.17. The van der Waals surface area contributed by atoms with E-state index in [1.807, 2.05) is 0 Å². The molecule has 2 aliphatic carbocycles. The molecular weight excluding hydrogens is 216 g/mol. The summed E-state index contributed by atoms with van der Waals surface area (Å²) in [5.41, 5.74) is 0.544. The van der Waals surface area contributed by atoms with E-state index in [2.05, 4.69) is 15.9 Å². The van der Waals surface area contributed by atoms with Crippen LogP contribution in [0.3, 0.4) is 0 Å². The van der Waals surface area contributed by atoms with Crippen LogP contribution in [0.1, 0.15) is 38.5 Å². The first-order valence-corrected chi connectivity index (χ1v) is 6.14. The maximum Gasteiger partial charge on any atom is 0.0575 e. The molecule has 2 fully saturated rings. The molecule has 0 heterocycles. The molecule has 2 heteroatoms. The summed E-state index contributed by atoms with van der Waals surface area (Å²) in [6, 6.07) is 0. The highest BCUT2D eigenvalue weighted by molar-refractivity contribution is 9.09. The van der Waals surface area contributed by atoms with Crippen molar-refractivity contribution in [1.29, 1.82) is 0 Å². The number of halogens is 1. The molecule has 0 aromatic carbocycles. The Kier molecular flexibility index (Phi) is 2.75. The quantitative estimate of drug-likeness (QED) is 0.678. The fourth-order valence-electron chi connectivity index (χ4n) is 1.84. The molecule has 0 amide bonds. The van der Waals surface area contributed by atoms with Gasteiger partial charge in [0.2, 0.25) is 0 Å². The Labute approximate surface area is 83.0 Å². The lowest BCUT2D eigenvalue weighted by atomic mass is 10.2. The minimum atomic E-state index is 0.544. The summed E-state index contributed by atoms with van der Waals surface area (Å²) in [6.45, 7) is 1.00. The minimum absolute atomic E-state index is 0.544. The van der Waals surface area contributed by atoms with E-state index < -0.39 is 0 Å². The summed E-state index contributed by atoms with van der Waals surface area (Å²) in [5, 5.41) is 1.13. The van der Waals surface area contributed by atoms with Gasteiger partial charge in [0.25, 0.3) is 0 Å². The van der Waals surface area contributed by atoms with Crippen LogP contribution in [0.2, 0.25) is 0 Å². The highest BCUT2D eigenvalue weighted by atomic mass is 79.9. The number of ether oxygens (including phenoxy) is 1. The molecule has 70 valence electrons. The van der Waals surface area contributed by atoms with Gasteiger partial charge in [-0.25, -0.2) is 0 Å². The maximum atomic E-state index is 5.89. The molecule has 2 aliphatic rings. The van der Waals surface area contributed by atoms with Crippen LogP contribution in [0, 0.1) is 5.41 Å². The predicted molar refractivity (Wildman–Crippen MR) is 53.7 cm³/mol.